The number of rotatable bonds is 1. The molecule has 4 rings (SSSR count). The number of nitriles is 1. The first kappa shape index (κ1) is 13.7. The Morgan fingerprint density at radius 2 is 1.91 bits per heavy atom. The number of nitrogens with one attached hydrogen (secondary N) is 1. The summed E-state index contributed by atoms with van der Waals surface area (Å²) < 4.78 is 1.77. The average molecular weight is 322 g/mol. The van der Waals surface area contributed by atoms with E-state index in [1.165, 1.54) is 0 Å². The van der Waals surface area contributed by atoms with Gasteiger partial charge in [-0.05, 0) is 23.8 Å². The molecule has 23 heavy (non-hydrogen) atoms. The van der Waals surface area contributed by atoms with Crippen LogP contribution in [0.1, 0.15) is 11.6 Å². The van der Waals surface area contributed by atoms with Crippen molar-refractivity contribution in [3.05, 3.63) is 64.7 Å². The SMILES string of the molecule is N#CC1=C(N)n2c(nc3ccccc32)NC1c1ccccc1Cl. The van der Waals surface area contributed by atoms with Gasteiger partial charge in [-0.1, -0.05) is 41.9 Å². The van der Waals surface area contributed by atoms with Crippen LogP contribution in [-0.4, -0.2) is 9.55 Å². The molecule has 1 aromatic heterocycles. The number of aromatic nitrogens is 2. The molecule has 0 saturated heterocycles. The average Bonchev–Trinajstić information content (AvgIpc) is 2.93. The minimum Gasteiger partial charge on any atom is -0.384 e. The van der Waals surface area contributed by atoms with Crippen molar-refractivity contribution >= 4 is 34.4 Å². The number of imidazole rings is 1. The monoisotopic (exact) mass is 321 g/mol. The number of halogens is 1. The van der Waals surface area contributed by atoms with E-state index in [4.69, 9.17) is 17.3 Å². The lowest BCUT2D eigenvalue weighted by Crippen LogP contribution is -2.26. The first-order valence-electron chi connectivity index (χ1n) is 7.09. The van der Waals surface area contributed by atoms with Gasteiger partial charge in [0, 0.05) is 5.02 Å². The molecule has 5 nitrogen and oxygen atoms in total. The number of nitrogens with two attached hydrogens (primary N) is 1. The lowest BCUT2D eigenvalue weighted by Gasteiger charge is -2.27. The lowest BCUT2D eigenvalue weighted by molar-refractivity contribution is 0.857. The highest BCUT2D eigenvalue weighted by Gasteiger charge is 2.30. The van der Waals surface area contributed by atoms with Crippen LogP contribution in [0.15, 0.2) is 54.1 Å². The van der Waals surface area contributed by atoms with Crippen molar-refractivity contribution < 1.29 is 0 Å². The smallest absolute Gasteiger partial charge is 0.210 e. The van der Waals surface area contributed by atoms with Gasteiger partial charge < -0.3 is 11.1 Å². The summed E-state index contributed by atoms with van der Waals surface area (Å²) in [6.45, 7) is 0. The largest absolute Gasteiger partial charge is 0.384 e. The Morgan fingerprint density at radius 3 is 2.70 bits per heavy atom. The van der Waals surface area contributed by atoms with Gasteiger partial charge in [0.2, 0.25) is 5.95 Å². The fourth-order valence-corrected chi connectivity index (χ4v) is 3.15. The van der Waals surface area contributed by atoms with Crippen LogP contribution in [0, 0.1) is 11.3 Å². The highest BCUT2D eigenvalue weighted by Crippen LogP contribution is 2.38. The van der Waals surface area contributed by atoms with E-state index >= 15 is 0 Å². The Balaban J connectivity index is 1.97. The summed E-state index contributed by atoms with van der Waals surface area (Å²) in [6.07, 6.45) is 0. The summed E-state index contributed by atoms with van der Waals surface area (Å²) in [6, 6.07) is 16.9. The molecular weight excluding hydrogens is 310 g/mol. The van der Waals surface area contributed by atoms with Crippen LogP contribution in [0.25, 0.3) is 16.9 Å². The highest BCUT2D eigenvalue weighted by molar-refractivity contribution is 6.31. The number of fused-ring (bicyclic) bond motifs is 3. The minimum atomic E-state index is -0.419. The molecule has 2 aromatic carbocycles. The molecule has 1 aliphatic rings. The standard InChI is InChI=1S/C17H12ClN5/c18-12-6-2-1-5-10(12)15-11(9-19)16(20)23-14-8-4-3-7-13(14)21-17(23)22-15/h1-8,15H,20H2,(H,21,22). The summed E-state index contributed by atoms with van der Waals surface area (Å²) in [5, 5.41) is 13.5. The lowest BCUT2D eigenvalue weighted by atomic mass is 9.98. The van der Waals surface area contributed by atoms with Crippen LogP contribution in [0.3, 0.4) is 0 Å². The molecule has 0 fully saturated rings. The predicted octanol–water partition coefficient (Wildman–Crippen LogP) is 3.51. The minimum absolute atomic E-state index is 0.375. The maximum absolute atomic E-state index is 9.61. The molecule has 0 bridgehead atoms. The molecule has 3 aromatic rings. The molecule has 0 saturated carbocycles. The fraction of sp³-hybridized carbons (Fsp3) is 0.0588. The van der Waals surface area contributed by atoms with Gasteiger partial charge >= 0.3 is 0 Å². The van der Waals surface area contributed by atoms with Gasteiger partial charge in [-0.25, -0.2) is 4.98 Å². The normalized spacial score (nSPS) is 16.8. The molecule has 0 aliphatic carbocycles. The van der Waals surface area contributed by atoms with Crippen LogP contribution < -0.4 is 11.1 Å². The Hall–Kier alpha value is -2.97. The Kier molecular flexibility index (Phi) is 3.00. The van der Waals surface area contributed by atoms with E-state index in [-0.39, 0.29) is 0 Å². The zero-order valence-corrected chi connectivity index (χ0v) is 12.7. The molecule has 3 N–H and O–H groups in total. The van der Waals surface area contributed by atoms with Gasteiger partial charge in [0.25, 0.3) is 0 Å². The number of benzene rings is 2. The van der Waals surface area contributed by atoms with Crippen LogP contribution in [-0.2, 0) is 0 Å². The predicted molar refractivity (Wildman–Crippen MR) is 90.6 cm³/mol. The third-order valence-electron chi connectivity index (χ3n) is 3.98. The number of nitrogens with zero attached hydrogens (tertiary/aromatic N) is 3. The van der Waals surface area contributed by atoms with Crippen molar-refractivity contribution in [2.75, 3.05) is 5.32 Å². The second-order valence-corrected chi connectivity index (χ2v) is 5.68. The third kappa shape index (κ3) is 1.96. The Morgan fingerprint density at radius 1 is 1.17 bits per heavy atom. The highest BCUT2D eigenvalue weighted by atomic mass is 35.5. The summed E-state index contributed by atoms with van der Waals surface area (Å²) >= 11 is 6.29. The topological polar surface area (TPSA) is 79.7 Å². The van der Waals surface area contributed by atoms with Crippen molar-refractivity contribution in [1.82, 2.24) is 9.55 Å². The van der Waals surface area contributed by atoms with Gasteiger partial charge in [-0.3, -0.25) is 4.57 Å². The Bertz CT molecular complexity index is 996. The molecule has 0 spiro atoms. The number of hydrogen-bond donors (Lipinski definition) is 2. The second kappa shape index (κ2) is 5.04. The maximum atomic E-state index is 9.61. The summed E-state index contributed by atoms with van der Waals surface area (Å²) in [4.78, 5) is 4.56. The van der Waals surface area contributed by atoms with Crippen molar-refractivity contribution in [3.63, 3.8) is 0 Å². The van der Waals surface area contributed by atoms with Crippen LogP contribution in [0.2, 0.25) is 5.02 Å². The molecule has 0 amide bonds. The maximum Gasteiger partial charge on any atom is 0.210 e. The van der Waals surface area contributed by atoms with Crippen LogP contribution in [0.4, 0.5) is 5.95 Å². The first-order valence-corrected chi connectivity index (χ1v) is 7.47. The van der Waals surface area contributed by atoms with Crippen molar-refractivity contribution in [1.29, 1.82) is 5.26 Å². The zero-order chi connectivity index (χ0) is 16.0. The van der Waals surface area contributed by atoms with Crippen molar-refractivity contribution in [2.24, 2.45) is 5.73 Å². The molecular formula is C17H12ClN5. The van der Waals surface area contributed by atoms with E-state index in [1.807, 2.05) is 42.5 Å². The van der Waals surface area contributed by atoms with Crippen LogP contribution in [0.5, 0.6) is 0 Å². The van der Waals surface area contributed by atoms with Crippen molar-refractivity contribution in [2.45, 2.75) is 6.04 Å². The molecule has 0 radical (unpaired) electrons. The van der Waals surface area contributed by atoms with Crippen LogP contribution >= 0.6 is 11.6 Å². The van der Waals surface area contributed by atoms with Crippen molar-refractivity contribution in [3.8, 4) is 6.07 Å². The van der Waals surface area contributed by atoms with Gasteiger partial charge in [-0.2, -0.15) is 5.26 Å². The molecule has 1 unspecified atom stereocenters. The summed E-state index contributed by atoms with van der Waals surface area (Å²) in [5.41, 5.74) is 9.18. The first-order chi connectivity index (χ1) is 11.2. The quantitative estimate of drug-likeness (QED) is 0.718. The Labute approximate surface area is 137 Å². The van der Waals surface area contributed by atoms with Gasteiger partial charge in [-0.15, -0.1) is 0 Å². The van der Waals surface area contributed by atoms with E-state index in [2.05, 4.69) is 16.4 Å². The molecule has 2 heterocycles. The van der Waals surface area contributed by atoms with Gasteiger partial charge in [0.1, 0.15) is 11.9 Å². The summed E-state index contributed by atoms with van der Waals surface area (Å²) in [5.74, 6) is 0.979. The molecule has 112 valence electrons. The second-order valence-electron chi connectivity index (χ2n) is 5.27. The van der Waals surface area contributed by atoms with Gasteiger partial charge in [0.15, 0.2) is 0 Å². The zero-order valence-electron chi connectivity index (χ0n) is 12.0. The van der Waals surface area contributed by atoms with E-state index < -0.39 is 6.04 Å². The number of para-hydroxylation sites is 2. The number of hydrogen-bond acceptors (Lipinski definition) is 4. The molecule has 1 aliphatic heterocycles. The van der Waals surface area contributed by atoms with Gasteiger partial charge in [0.05, 0.1) is 22.6 Å². The van der Waals surface area contributed by atoms with E-state index in [0.29, 0.717) is 22.4 Å². The third-order valence-corrected chi connectivity index (χ3v) is 4.32. The van der Waals surface area contributed by atoms with E-state index in [9.17, 15) is 5.26 Å². The molecule has 1 atom stereocenters. The number of anilines is 1. The van der Waals surface area contributed by atoms with E-state index in [0.717, 1.165) is 16.6 Å². The summed E-state index contributed by atoms with van der Waals surface area (Å²) in [7, 11) is 0. The molecule has 6 heteroatoms. The van der Waals surface area contributed by atoms with E-state index in [1.54, 1.807) is 10.6 Å². The fourth-order valence-electron chi connectivity index (χ4n) is 2.90.